The van der Waals surface area contributed by atoms with Gasteiger partial charge in [0.1, 0.15) is 5.78 Å². The van der Waals surface area contributed by atoms with Gasteiger partial charge in [0.2, 0.25) is 0 Å². The van der Waals surface area contributed by atoms with Crippen molar-refractivity contribution in [2.45, 2.75) is 91.9 Å². The van der Waals surface area contributed by atoms with Crippen molar-refractivity contribution in [3.05, 3.63) is 0 Å². The molecule has 7 atom stereocenters. The number of carbonyl (C=O) groups excluding carboxylic acids is 1. The van der Waals surface area contributed by atoms with E-state index in [1.54, 1.807) is 0 Å². The van der Waals surface area contributed by atoms with Gasteiger partial charge in [0.15, 0.2) is 0 Å². The first-order valence-electron chi connectivity index (χ1n) is 10.9. The molecule has 0 aliphatic heterocycles. The molecule has 0 heterocycles. The minimum atomic E-state index is 0.217. The largest absolute Gasteiger partial charge is 0.299 e. The van der Waals surface area contributed by atoms with Crippen molar-refractivity contribution in [1.29, 1.82) is 0 Å². The Labute approximate surface area is 149 Å². The van der Waals surface area contributed by atoms with Gasteiger partial charge in [-0.05, 0) is 85.9 Å². The van der Waals surface area contributed by atoms with Crippen LogP contribution in [0.25, 0.3) is 0 Å². The van der Waals surface area contributed by atoms with Crippen molar-refractivity contribution >= 4 is 5.78 Å². The van der Waals surface area contributed by atoms with Gasteiger partial charge in [0.05, 0.1) is 0 Å². The topological polar surface area (TPSA) is 17.1 Å². The second kappa shape index (κ2) is 5.85. The lowest BCUT2D eigenvalue weighted by molar-refractivity contribution is -0.137. The number of hydrogen-bond acceptors (Lipinski definition) is 1. The lowest BCUT2D eigenvalue weighted by Crippen LogP contribution is -2.53. The Morgan fingerprint density at radius 3 is 2.33 bits per heavy atom. The maximum atomic E-state index is 12.9. The van der Waals surface area contributed by atoms with E-state index in [1.807, 2.05) is 0 Å². The summed E-state index contributed by atoms with van der Waals surface area (Å²) in [5, 5.41) is 0. The molecule has 0 bridgehead atoms. The maximum absolute atomic E-state index is 12.9. The molecule has 0 amide bonds. The number of Topliss-reactive ketones (excluding diaryl/α,β-unsaturated/α-hetero) is 1. The molecule has 0 aromatic rings. The van der Waals surface area contributed by atoms with Gasteiger partial charge in [-0.1, -0.05) is 40.5 Å². The minimum absolute atomic E-state index is 0.217. The van der Waals surface area contributed by atoms with Crippen molar-refractivity contribution in [1.82, 2.24) is 0 Å². The summed E-state index contributed by atoms with van der Waals surface area (Å²) >= 11 is 0. The molecule has 0 spiro atoms. The standard InChI is InChI=1S/C23H38O/c1-15(2)21(24)20-11-10-18-17-9-8-16-7-5-6-13-22(16,3)19(17)12-14-23(18,20)4/h15-20H,5-14H2,1-4H3/t16-,17+,18+,19+,20-,22+,23+/m1/s1. The fraction of sp³-hybridized carbons (Fsp3) is 0.957. The average Bonchev–Trinajstić information content (AvgIpc) is 2.90. The third kappa shape index (κ3) is 2.28. The highest BCUT2D eigenvalue weighted by atomic mass is 16.1. The molecule has 4 fully saturated rings. The highest BCUT2D eigenvalue weighted by molar-refractivity contribution is 5.84. The van der Waals surface area contributed by atoms with Crippen LogP contribution in [0.5, 0.6) is 0 Å². The second-order valence-electron chi connectivity index (χ2n) is 10.6. The fourth-order valence-electron chi connectivity index (χ4n) is 8.16. The van der Waals surface area contributed by atoms with Crippen LogP contribution in [0.4, 0.5) is 0 Å². The van der Waals surface area contributed by atoms with Gasteiger partial charge in [-0.25, -0.2) is 0 Å². The summed E-state index contributed by atoms with van der Waals surface area (Å²) in [6, 6.07) is 0. The second-order valence-corrected chi connectivity index (χ2v) is 10.6. The van der Waals surface area contributed by atoms with Gasteiger partial charge < -0.3 is 0 Å². The highest BCUT2D eigenvalue weighted by Gasteiger charge is 2.60. The molecule has 0 radical (unpaired) electrons. The molecule has 136 valence electrons. The molecule has 4 aliphatic rings. The van der Waals surface area contributed by atoms with E-state index in [9.17, 15) is 4.79 Å². The minimum Gasteiger partial charge on any atom is -0.299 e. The summed E-state index contributed by atoms with van der Waals surface area (Å²) in [6.07, 6.45) is 14.1. The predicted molar refractivity (Wildman–Crippen MR) is 99.7 cm³/mol. The average molecular weight is 331 g/mol. The van der Waals surface area contributed by atoms with E-state index in [2.05, 4.69) is 27.7 Å². The Bertz CT molecular complexity index is 508. The number of carbonyl (C=O) groups is 1. The first-order chi connectivity index (χ1) is 11.4. The Balaban J connectivity index is 1.60. The lowest BCUT2D eigenvalue weighted by Gasteiger charge is -2.60. The highest BCUT2D eigenvalue weighted by Crippen LogP contribution is 2.67. The zero-order chi connectivity index (χ0) is 17.1. The summed E-state index contributed by atoms with van der Waals surface area (Å²) in [5.41, 5.74) is 0.947. The van der Waals surface area contributed by atoms with Crippen LogP contribution in [0.2, 0.25) is 0 Å². The van der Waals surface area contributed by atoms with Crippen LogP contribution in [0.1, 0.15) is 91.9 Å². The maximum Gasteiger partial charge on any atom is 0.139 e. The quantitative estimate of drug-likeness (QED) is 0.584. The third-order valence-electron chi connectivity index (χ3n) is 9.50. The zero-order valence-corrected chi connectivity index (χ0v) is 16.4. The number of fused-ring (bicyclic) bond motifs is 5. The van der Waals surface area contributed by atoms with E-state index >= 15 is 0 Å². The molecule has 4 aliphatic carbocycles. The van der Waals surface area contributed by atoms with Gasteiger partial charge >= 0.3 is 0 Å². The molecular formula is C23H38O. The van der Waals surface area contributed by atoms with E-state index in [4.69, 9.17) is 0 Å². The van der Waals surface area contributed by atoms with E-state index in [0.717, 1.165) is 23.7 Å². The van der Waals surface area contributed by atoms with Gasteiger partial charge in [-0.2, -0.15) is 0 Å². The fourth-order valence-corrected chi connectivity index (χ4v) is 8.16. The van der Waals surface area contributed by atoms with Gasteiger partial charge in [-0.15, -0.1) is 0 Å². The molecular weight excluding hydrogens is 292 g/mol. The molecule has 0 N–H and O–H groups in total. The van der Waals surface area contributed by atoms with Gasteiger partial charge in [-0.3, -0.25) is 4.79 Å². The molecule has 0 aromatic carbocycles. The molecule has 4 saturated carbocycles. The summed E-state index contributed by atoms with van der Waals surface area (Å²) in [6.45, 7) is 9.38. The molecule has 0 saturated heterocycles. The zero-order valence-electron chi connectivity index (χ0n) is 16.4. The third-order valence-corrected chi connectivity index (χ3v) is 9.50. The van der Waals surface area contributed by atoms with Crippen LogP contribution in [-0.2, 0) is 4.79 Å². The van der Waals surface area contributed by atoms with E-state index in [0.29, 0.717) is 22.5 Å². The van der Waals surface area contributed by atoms with Crippen LogP contribution >= 0.6 is 0 Å². The molecule has 24 heavy (non-hydrogen) atoms. The van der Waals surface area contributed by atoms with E-state index < -0.39 is 0 Å². The Morgan fingerprint density at radius 2 is 1.58 bits per heavy atom. The normalized spacial score (nSPS) is 51.0. The van der Waals surface area contributed by atoms with E-state index in [-0.39, 0.29) is 5.92 Å². The lowest BCUT2D eigenvalue weighted by atomic mass is 9.44. The van der Waals surface area contributed by atoms with Gasteiger partial charge in [0, 0.05) is 11.8 Å². The molecule has 4 rings (SSSR count). The Morgan fingerprint density at radius 1 is 0.833 bits per heavy atom. The first kappa shape index (κ1) is 17.1. The monoisotopic (exact) mass is 330 g/mol. The summed E-state index contributed by atoms with van der Waals surface area (Å²) in [5.74, 6) is 4.87. The summed E-state index contributed by atoms with van der Waals surface area (Å²) in [7, 11) is 0. The number of hydrogen-bond donors (Lipinski definition) is 0. The van der Waals surface area contributed by atoms with Crippen molar-refractivity contribution in [3.8, 4) is 0 Å². The molecule has 0 unspecified atom stereocenters. The summed E-state index contributed by atoms with van der Waals surface area (Å²) in [4.78, 5) is 12.9. The predicted octanol–water partition coefficient (Wildman–Crippen LogP) is 6.26. The Hall–Kier alpha value is -0.330. The SMILES string of the molecule is CC(C)C(=O)[C@H]1CC[C@H]2[C@@H]3CC[C@H]4CCCC[C@]4(C)[C@H]3CC[C@]12C. The molecule has 0 aromatic heterocycles. The smallest absolute Gasteiger partial charge is 0.139 e. The number of rotatable bonds is 2. The van der Waals surface area contributed by atoms with Crippen molar-refractivity contribution < 1.29 is 4.79 Å². The van der Waals surface area contributed by atoms with E-state index in [1.165, 1.54) is 64.2 Å². The van der Waals surface area contributed by atoms with Crippen LogP contribution in [0.15, 0.2) is 0 Å². The summed E-state index contributed by atoms with van der Waals surface area (Å²) < 4.78 is 0. The Kier molecular flexibility index (Phi) is 4.17. The first-order valence-corrected chi connectivity index (χ1v) is 10.9. The van der Waals surface area contributed by atoms with Crippen molar-refractivity contribution in [2.75, 3.05) is 0 Å². The van der Waals surface area contributed by atoms with Crippen LogP contribution in [0, 0.1) is 46.3 Å². The van der Waals surface area contributed by atoms with Gasteiger partial charge in [0.25, 0.3) is 0 Å². The van der Waals surface area contributed by atoms with Crippen LogP contribution < -0.4 is 0 Å². The number of ketones is 1. The van der Waals surface area contributed by atoms with Crippen molar-refractivity contribution in [3.63, 3.8) is 0 Å². The van der Waals surface area contributed by atoms with Crippen molar-refractivity contribution in [2.24, 2.45) is 46.3 Å². The molecule has 1 heteroatoms. The van der Waals surface area contributed by atoms with Crippen LogP contribution in [-0.4, -0.2) is 5.78 Å². The molecule has 1 nitrogen and oxygen atoms in total. The van der Waals surface area contributed by atoms with Crippen LogP contribution in [0.3, 0.4) is 0 Å².